The normalized spacial score (nSPS) is 18.2. The second kappa shape index (κ2) is 6.40. The highest BCUT2D eigenvalue weighted by Crippen LogP contribution is 2.32. The lowest BCUT2D eigenvalue weighted by molar-refractivity contribution is -0.385. The number of hydrogen-bond donors (Lipinski definition) is 0. The molecule has 0 bridgehead atoms. The number of carbonyl (C=O) groups excluding carboxylic acids is 1. The fourth-order valence-corrected chi connectivity index (χ4v) is 2.24. The summed E-state index contributed by atoms with van der Waals surface area (Å²) in [4.78, 5) is 24.0. The Hall–Kier alpha value is -2.35. The molecule has 1 aliphatic rings. The van der Waals surface area contributed by atoms with Crippen molar-refractivity contribution in [1.29, 1.82) is 0 Å². The molecule has 1 aromatic rings. The van der Waals surface area contributed by atoms with Crippen molar-refractivity contribution < 1.29 is 23.9 Å². The van der Waals surface area contributed by atoms with Gasteiger partial charge in [0, 0.05) is 24.4 Å². The quantitative estimate of drug-likeness (QED) is 0.464. The van der Waals surface area contributed by atoms with Gasteiger partial charge in [-0.05, 0) is 6.07 Å². The highest BCUT2D eigenvalue weighted by molar-refractivity contribution is 5.81. The van der Waals surface area contributed by atoms with E-state index in [0.717, 1.165) is 0 Å². The summed E-state index contributed by atoms with van der Waals surface area (Å²) in [6.45, 7) is 1.17. The Balaban J connectivity index is 2.34. The number of nitrogens with zero attached hydrogens (tertiary/aromatic N) is 2. The number of morpholine rings is 1. The lowest BCUT2D eigenvalue weighted by Gasteiger charge is -2.35. The Morgan fingerprint density at radius 2 is 2.24 bits per heavy atom. The predicted octanol–water partition coefficient (Wildman–Crippen LogP) is 0.982. The SMILES string of the molecule is COC(=O)C1COCCN1c1ccc([N+](=O)[O-])c(OC)c1. The Kier molecular flexibility index (Phi) is 4.59. The van der Waals surface area contributed by atoms with Crippen LogP contribution in [0.15, 0.2) is 18.2 Å². The van der Waals surface area contributed by atoms with Crippen molar-refractivity contribution in [3.05, 3.63) is 28.3 Å². The fraction of sp³-hybridized carbons (Fsp3) is 0.462. The Morgan fingerprint density at radius 1 is 1.48 bits per heavy atom. The summed E-state index contributed by atoms with van der Waals surface area (Å²) in [5, 5.41) is 10.9. The molecule has 0 aliphatic carbocycles. The lowest BCUT2D eigenvalue weighted by atomic mass is 10.1. The van der Waals surface area contributed by atoms with Crippen LogP contribution in [0.25, 0.3) is 0 Å². The Morgan fingerprint density at radius 3 is 2.86 bits per heavy atom. The van der Waals surface area contributed by atoms with Crippen LogP contribution in [0.5, 0.6) is 5.75 Å². The van der Waals surface area contributed by atoms with E-state index in [1.807, 2.05) is 0 Å². The van der Waals surface area contributed by atoms with Crippen molar-refractivity contribution in [2.45, 2.75) is 6.04 Å². The Bertz CT molecular complexity index is 547. The molecule has 114 valence electrons. The summed E-state index contributed by atoms with van der Waals surface area (Å²) >= 11 is 0. The summed E-state index contributed by atoms with van der Waals surface area (Å²) in [6, 6.07) is 3.91. The molecule has 2 rings (SSSR count). The molecule has 1 aromatic carbocycles. The summed E-state index contributed by atoms with van der Waals surface area (Å²) in [5.41, 5.74) is 0.528. The first-order chi connectivity index (χ1) is 10.1. The highest BCUT2D eigenvalue weighted by atomic mass is 16.6. The maximum Gasteiger partial charge on any atom is 0.330 e. The largest absolute Gasteiger partial charge is 0.490 e. The molecule has 1 fully saturated rings. The number of nitro benzene ring substituents is 1. The van der Waals surface area contributed by atoms with Gasteiger partial charge in [-0.2, -0.15) is 0 Å². The first kappa shape index (κ1) is 15.0. The molecule has 0 spiro atoms. The van der Waals surface area contributed by atoms with Gasteiger partial charge in [0.2, 0.25) is 0 Å². The van der Waals surface area contributed by atoms with Crippen molar-refractivity contribution >= 4 is 17.3 Å². The molecule has 8 heteroatoms. The standard InChI is InChI=1S/C13H16N2O6/c1-19-12-7-9(3-4-10(12)15(17)18)14-5-6-21-8-11(14)13(16)20-2/h3-4,7,11H,5-6,8H2,1-2H3. The summed E-state index contributed by atoms with van der Waals surface area (Å²) in [5.74, 6) is -0.264. The van der Waals surface area contributed by atoms with Crippen LogP contribution in [-0.4, -0.2) is 50.9 Å². The number of nitro groups is 1. The zero-order valence-electron chi connectivity index (χ0n) is 11.8. The van der Waals surface area contributed by atoms with Crippen LogP contribution < -0.4 is 9.64 Å². The molecule has 0 saturated carbocycles. The number of rotatable bonds is 4. The highest BCUT2D eigenvalue weighted by Gasteiger charge is 2.31. The van der Waals surface area contributed by atoms with Gasteiger partial charge in [-0.1, -0.05) is 0 Å². The number of esters is 1. The summed E-state index contributed by atoms with van der Waals surface area (Å²) in [7, 11) is 2.68. The van der Waals surface area contributed by atoms with E-state index in [0.29, 0.717) is 18.8 Å². The van der Waals surface area contributed by atoms with Crippen molar-refractivity contribution in [3.8, 4) is 5.75 Å². The van der Waals surface area contributed by atoms with Crippen LogP contribution >= 0.6 is 0 Å². The van der Waals surface area contributed by atoms with Crippen LogP contribution in [0.2, 0.25) is 0 Å². The number of methoxy groups -OCH3 is 2. The monoisotopic (exact) mass is 296 g/mol. The van der Waals surface area contributed by atoms with Crippen molar-refractivity contribution in [1.82, 2.24) is 0 Å². The topological polar surface area (TPSA) is 91.1 Å². The van der Waals surface area contributed by atoms with E-state index >= 15 is 0 Å². The molecule has 0 amide bonds. The van der Waals surface area contributed by atoms with E-state index < -0.39 is 16.9 Å². The number of hydrogen-bond acceptors (Lipinski definition) is 7. The Labute approximate surface area is 121 Å². The molecule has 1 unspecified atom stereocenters. The molecule has 21 heavy (non-hydrogen) atoms. The first-order valence-corrected chi connectivity index (χ1v) is 6.33. The van der Waals surface area contributed by atoms with E-state index in [4.69, 9.17) is 14.2 Å². The van der Waals surface area contributed by atoms with Crippen molar-refractivity contribution in [3.63, 3.8) is 0 Å². The predicted molar refractivity (Wildman–Crippen MR) is 73.6 cm³/mol. The summed E-state index contributed by atoms with van der Waals surface area (Å²) < 4.78 is 15.1. The van der Waals surface area contributed by atoms with Gasteiger partial charge in [0.05, 0.1) is 32.4 Å². The third-order valence-electron chi connectivity index (χ3n) is 3.29. The maximum atomic E-state index is 11.8. The van der Waals surface area contributed by atoms with Gasteiger partial charge >= 0.3 is 11.7 Å². The smallest absolute Gasteiger partial charge is 0.330 e. The first-order valence-electron chi connectivity index (χ1n) is 6.33. The minimum Gasteiger partial charge on any atom is -0.490 e. The van der Waals surface area contributed by atoms with Gasteiger partial charge in [-0.15, -0.1) is 0 Å². The number of ether oxygens (including phenoxy) is 3. The van der Waals surface area contributed by atoms with E-state index in [-0.39, 0.29) is 18.0 Å². The van der Waals surface area contributed by atoms with Crippen LogP contribution in [0.4, 0.5) is 11.4 Å². The van der Waals surface area contributed by atoms with E-state index in [9.17, 15) is 14.9 Å². The maximum absolute atomic E-state index is 11.8. The van der Waals surface area contributed by atoms with Gasteiger partial charge in [0.1, 0.15) is 0 Å². The lowest BCUT2D eigenvalue weighted by Crippen LogP contribution is -2.50. The minimum atomic E-state index is -0.574. The minimum absolute atomic E-state index is 0.121. The molecule has 0 aromatic heterocycles. The van der Waals surface area contributed by atoms with Gasteiger partial charge in [-0.3, -0.25) is 10.1 Å². The number of benzene rings is 1. The third-order valence-corrected chi connectivity index (χ3v) is 3.29. The van der Waals surface area contributed by atoms with Gasteiger partial charge in [0.25, 0.3) is 0 Å². The van der Waals surface area contributed by atoms with Crippen molar-refractivity contribution in [2.75, 3.05) is 38.9 Å². The average molecular weight is 296 g/mol. The number of carbonyl (C=O) groups is 1. The van der Waals surface area contributed by atoms with Crippen LogP contribution in [-0.2, 0) is 14.3 Å². The van der Waals surface area contributed by atoms with E-state index in [2.05, 4.69) is 0 Å². The van der Waals surface area contributed by atoms with Crippen molar-refractivity contribution in [2.24, 2.45) is 0 Å². The van der Waals surface area contributed by atoms with Crippen LogP contribution in [0.1, 0.15) is 0 Å². The molecular formula is C13H16N2O6. The van der Waals surface area contributed by atoms with Gasteiger partial charge < -0.3 is 19.1 Å². The second-order valence-corrected chi connectivity index (χ2v) is 4.42. The molecule has 1 atom stereocenters. The molecular weight excluding hydrogens is 280 g/mol. The zero-order chi connectivity index (χ0) is 15.4. The summed E-state index contributed by atoms with van der Waals surface area (Å²) in [6.07, 6.45) is 0. The molecule has 1 aliphatic heterocycles. The van der Waals surface area contributed by atoms with E-state index in [1.54, 1.807) is 17.0 Å². The second-order valence-electron chi connectivity index (χ2n) is 4.42. The van der Waals surface area contributed by atoms with Gasteiger partial charge in [0.15, 0.2) is 11.8 Å². The third kappa shape index (κ3) is 3.05. The number of anilines is 1. The molecule has 1 saturated heterocycles. The van der Waals surface area contributed by atoms with Crippen LogP contribution in [0, 0.1) is 10.1 Å². The zero-order valence-corrected chi connectivity index (χ0v) is 11.8. The van der Waals surface area contributed by atoms with Gasteiger partial charge in [-0.25, -0.2) is 4.79 Å². The van der Waals surface area contributed by atoms with Crippen LogP contribution in [0.3, 0.4) is 0 Å². The fourth-order valence-electron chi connectivity index (χ4n) is 2.24. The molecule has 0 radical (unpaired) electrons. The molecule has 1 heterocycles. The average Bonchev–Trinajstić information content (AvgIpc) is 2.53. The van der Waals surface area contributed by atoms with E-state index in [1.165, 1.54) is 20.3 Å². The molecule has 0 N–H and O–H groups in total. The molecule has 8 nitrogen and oxygen atoms in total.